The fourth-order valence-corrected chi connectivity index (χ4v) is 4.88. The van der Waals surface area contributed by atoms with Gasteiger partial charge in [0.2, 0.25) is 0 Å². The first-order chi connectivity index (χ1) is 17.9. The van der Waals surface area contributed by atoms with Crippen LogP contribution in [0.1, 0.15) is 66.2 Å². The van der Waals surface area contributed by atoms with Crippen LogP contribution in [0.4, 0.5) is 4.39 Å². The van der Waals surface area contributed by atoms with Gasteiger partial charge in [0.25, 0.3) is 5.91 Å². The number of aryl methyl sites for hydroxylation is 1. The number of carboxylic acid groups (broad SMARTS) is 1. The summed E-state index contributed by atoms with van der Waals surface area (Å²) in [6, 6.07) is 11.4. The van der Waals surface area contributed by atoms with Crippen LogP contribution in [0.5, 0.6) is 0 Å². The summed E-state index contributed by atoms with van der Waals surface area (Å²) in [6.45, 7) is 4.79. The summed E-state index contributed by atoms with van der Waals surface area (Å²) < 4.78 is 16.9. The number of nitrogens with zero attached hydrogens (tertiary/aromatic N) is 5. The van der Waals surface area contributed by atoms with Crippen molar-refractivity contribution < 1.29 is 19.1 Å². The average molecular weight is 502 g/mol. The van der Waals surface area contributed by atoms with Crippen molar-refractivity contribution in [2.45, 2.75) is 52.0 Å². The van der Waals surface area contributed by atoms with Gasteiger partial charge in [-0.3, -0.25) is 4.79 Å². The Labute approximate surface area is 213 Å². The zero-order valence-corrected chi connectivity index (χ0v) is 20.8. The second-order valence-corrected chi connectivity index (χ2v) is 9.41. The quantitative estimate of drug-likeness (QED) is 0.400. The number of likely N-dealkylation sites (tertiary alicyclic amines) is 1. The van der Waals surface area contributed by atoms with Gasteiger partial charge in [-0.15, -0.1) is 0 Å². The lowest BCUT2D eigenvalue weighted by Crippen LogP contribution is -2.38. The van der Waals surface area contributed by atoms with E-state index in [4.69, 9.17) is 0 Å². The number of rotatable bonds is 5. The van der Waals surface area contributed by atoms with E-state index >= 15 is 4.39 Å². The summed E-state index contributed by atoms with van der Waals surface area (Å²) >= 11 is 0. The number of amides is 1. The molecule has 0 spiro atoms. The van der Waals surface area contributed by atoms with Crippen LogP contribution in [-0.4, -0.2) is 54.1 Å². The van der Waals surface area contributed by atoms with E-state index < -0.39 is 11.8 Å². The number of halogens is 1. The first-order valence-corrected chi connectivity index (χ1v) is 12.6. The molecule has 0 saturated carbocycles. The summed E-state index contributed by atoms with van der Waals surface area (Å²) in [5.41, 5.74) is 3.35. The van der Waals surface area contributed by atoms with Crippen LogP contribution >= 0.6 is 0 Å². The number of aromatic nitrogens is 4. The van der Waals surface area contributed by atoms with Crippen molar-refractivity contribution in [2.24, 2.45) is 0 Å². The highest BCUT2D eigenvalue weighted by Gasteiger charge is 2.25. The maximum absolute atomic E-state index is 15.3. The van der Waals surface area contributed by atoms with E-state index in [0.29, 0.717) is 34.6 Å². The fraction of sp³-hybridized carbons (Fsp3) is 0.321. The maximum Gasteiger partial charge on any atom is 0.354 e. The molecule has 4 aromatic rings. The van der Waals surface area contributed by atoms with Crippen LogP contribution in [0.25, 0.3) is 28.0 Å². The predicted octanol–water partition coefficient (Wildman–Crippen LogP) is 5.26. The van der Waals surface area contributed by atoms with Crippen molar-refractivity contribution in [1.82, 2.24) is 24.5 Å². The van der Waals surface area contributed by atoms with Gasteiger partial charge >= 0.3 is 5.97 Å². The van der Waals surface area contributed by atoms with Gasteiger partial charge in [0.1, 0.15) is 17.2 Å². The van der Waals surface area contributed by atoms with Crippen molar-refractivity contribution in [3.63, 3.8) is 0 Å². The molecule has 1 amide bonds. The average Bonchev–Trinajstić information content (AvgIpc) is 3.21. The van der Waals surface area contributed by atoms with Crippen molar-refractivity contribution in [3.8, 4) is 22.4 Å². The van der Waals surface area contributed by atoms with Crippen LogP contribution in [0.2, 0.25) is 0 Å². The second kappa shape index (κ2) is 10.1. The molecule has 1 N–H and O–H groups in total. The SMILES string of the molecule is CCc1cc(C(=O)N2CCCCC[C@H]2C)nc2cc(-c3ccc(-c4ccnc(C(=O)O)c4)cc3F)nn12. The van der Waals surface area contributed by atoms with Crippen LogP contribution in [0, 0.1) is 5.82 Å². The molecule has 1 aromatic carbocycles. The van der Waals surface area contributed by atoms with Gasteiger partial charge in [-0.05, 0) is 67.6 Å². The highest BCUT2D eigenvalue weighted by Crippen LogP contribution is 2.29. The minimum atomic E-state index is -1.15. The van der Waals surface area contributed by atoms with Crippen LogP contribution in [0.15, 0.2) is 48.7 Å². The topological polar surface area (TPSA) is 101 Å². The van der Waals surface area contributed by atoms with E-state index in [1.165, 1.54) is 18.3 Å². The number of fused-ring (bicyclic) bond motifs is 1. The number of pyridine rings is 1. The number of hydrogen-bond acceptors (Lipinski definition) is 5. The summed E-state index contributed by atoms with van der Waals surface area (Å²) in [4.78, 5) is 35.0. The van der Waals surface area contributed by atoms with E-state index in [1.807, 2.05) is 11.8 Å². The van der Waals surface area contributed by atoms with Crippen molar-refractivity contribution in [3.05, 3.63) is 71.6 Å². The number of carbonyl (C=O) groups is 2. The Bertz CT molecular complexity index is 1500. The van der Waals surface area contributed by atoms with E-state index in [2.05, 4.69) is 22.0 Å². The minimum Gasteiger partial charge on any atom is -0.477 e. The first kappa shape index (κ1) is 24.5. The molecule has 1 fully saturated rings. The highest BCUT2D eigenvalue weighted by molar-refractivity contribution is 5.93. The third-order valence-electron chi connectivity index (χ3n) is 6.95. The standard InChI is InChI=1S/C28H28FN5O3/c1-3-20-15-24(27(35)33-12-6-4-5-7-17(33)2)31-26-16-23(32-34(20)26)21-9-8-18(13-22(21)29)19-10-11-30-25(14-19)28(36)37/h8-11,13-17H,3-7,12H2,1-2H3,(H,36,37)/t17-/m1/s1. The monoisotopic (exact) mass is 501 g/mol. The molecule has 37 heavy (non-hydrogen) atoms. The number of carbonyl (C=O) groups excluding carboxylic acids is 1. The van der Waals surface area contributed by atoms with Gasteiger partial charge in [-0.1, -0.05) is 25.8 Å². The lowest BCUT2D eigenvalue weighted by molar-refractivity contribution is 0.0682. The van der Waals surface area contributed by atoms with Crippen LogP contribution in [-0.2, 0) is 6.42 Å². The molecule has 190 valence electrons. The van der Waals surface area contributed by atoms with Crippen LogP contribution < -0.4 is 0 Å². The lowest BCUT2D eigenvalue weighted by atomic mass is 10.0. The van der Waals surface area contributed by atoms with Gasteiger partial charge in [-0.25, -0.2) is 23.7 Å². The molecule has 4 heterocycles. The Kier molecular flexibility index (Phi) is 6.69. The van der Waals surface area contributed by atoms with E-state index in [9.17, 15) is 14.7 Å². The van der Waals surface area contributed by atoms with Crippen molar-refractivity contribution in [2.75, 3.05) is 6.54 Å². The Morgan fingerprint density at radius 3 is 2.62 bits per heavy atom. The van der Waals surface area contributed by atoms with E-state index in [-0.39, 0.29) is 23.2 Å². The Balaban J connectivity index is 1.50. The number of benzene rings is 1. The van der Waals surface area contributed by atoms with E-state index in [0.717, 1.165) is 37.9 Å². The molecule has 0 radical (unpaired) electrons. The van der Waals surface area contributed by atoms with Gasteiger partial charge < -0.3 is 10.0 Å². The van der Waals surface area contributed by atoms with Gasteiger partial charge in [0, 0.05) is 36.1 Å². The number of aromatic carboxylic acids is 1. The molecule has 8 nitrogen and oxygen atoms in total. The van der Waals surface area contributed by atoms with Crippen molar-refractivity contribution in [1.29, 1.82) is 0 Å². The normalized spacial score (nSPS) is 16.1. The molecule has 1 aliphatic rings. The summed E-state index contributed by atoms with van der Waals surface area (Å²) in [5.74, 6) is -1.73. The lowest BCUT2D eigenvalue weighted by Gasteiger charge is -2.27. The van der Waals surface area contributed by atoms with Gasteiger partial charge in [-0.2, -0.15) is 5.10 Å². The molecule has 1 atom stereocenters. The van der Waals surface area contributed by atoms with Gasteiger partial charge in [0.15, 0.2) is 5.65 Å². The first-order valence-electron chi connectivity index (χ1n) is 12.6. The molecule has 3 aromatic heterocycles. The molecular weight excluding hydrogens is 473 g/mol. The van der Waals surface area contributed by atoms with E-state index in [1.54, 1.807) is 34.8 Å². The van der Waals surface area contributed by atoms with Crippen molar-refractivity contribution >= 4 is 17.5 Å². The molecule has 0 aliphatic carbocycles. The Morgan fingerprint density at radius 2 is 1.86 bits per heavy atom. The predicted molar refractivity (Wildman–Crippen MR) is 137 cm³/mol. The third kappa shape index (κ3) is 4.81. The van der Waals surface area contributed by atoms with Crippen LogP contribution in [0.3, 0.4) is 0 Å². The molecule has 5 rings (SSSR count). The number of carboxylic acids is 1. The Hall–Kier alpha value is -4.14. The smallest absolute Gasteiger partial charge is 0.354 e. The Morgan fingerprint density at radius 1 is 1.05 bits per heavy atom. The maximum atomic E-state index is 15.3. The largest absolute Gasteiger partial charge is 0.477 e. The summed E-state index contributed by atoms with van der Waals surface area (Å²) in [7, 11) is 0. The molecule has 0 unspecified atom stereocenters. The highest BCUT2D eigenvalue weighted by atomic mass is 19.1. The molecule has 9 heteroatoms. The van der Waals surface area contributed by atoms with Gasteiger partial charge in [0.05, 0.1) is 5.69 Å². The fourth-order valence-electron chi connectivity index (χ4n) is 4.88. The molecule has 0 bridgehead atoms. The number of hydrogen-bond donors (Lipinski definition) is 1. The summed E-state index contributed by atoms with van der Waals surface area (Å²) in [6.07, 6.45) is 6.23. The molecule has 1 saturated heterocycles. The molecular formula is C28H28FN5O3. The zero-order chi connectivity index (χ0) is 26.1. The zero-order valence-electron chi connectivity index (χ0n) is 20.8. The third-order valence-corrected chi connectivity index (χ3v) is 6.95. The minimum absolute atomic E-state index is 0.0806. The second-order valence-electron chi connectivity index (χ2n) is 9.41. The summed E-state index contributed by atoms with van der Waals surface area (Å²) in [5, 5.41) is 13.8. The molecule has 1 aliphatic heterocycles.